The quantitative estimate of drug-likeness (QED) is 0.525. The van der Waals surface area contributed by atoms with E-state index in [0.29, 0.717) is 15.7 Å². The van der Waals surface area contributed by atoms with E-state index in [0.717, 1.165) is 21.3 Å². The lowest BCUT2D eigenvalue weighted by Gasteiger charge is -2.12. The molecule has 152 valence electrons. The normalized spacial score (nSPS) is 11.1. The second kappa shape index (κ2) is 8.98. The highest BCUT2D eigenvalue weighted by atomic mass is 35.5. The van der Waals surface area contributed by atoms with E-state index in [4.69, 9.17) is 17.3 Å². The molecule has 10 heteroatoms. The molecule has 3 aromatic rings. The highest BCUT2D eigenvalue weighted by Crippen LogP contribution is 2.32. The number of rotatable bonds is 7. The first kappa shape index (κ1) is 21.4. The van der Waals surface area contributed by atoms with Crippen molar-refractivity contribution in [3.63, 3.8) is 0 Å². The Balaban J connectivity index is 1.86. The Labute approximate surface area is 181 Å². The predicted molar refractivity (Wildman–Crippen MR) is 117 cm³/mol. The van der Waals surface area contributed by atoms with Crippen LogP contribution in [0.15, 0.2) is 34.7 Å². The van der Waals surface area contributed by atoms with Crippen LogP contribution >= 0.6 is 34.7 Å². The Morgan fingerprint density at radius 2 is 2.14 bits per heavy atom. The summed E-state index contributed by atoms with van der Waals surface area (Å²) in [5.74, 6) is -0.470. The van der Waals surface area contributed by atoms with Crippen LogP contribution in [-0.4, -0.2) is 32.3 Å². The van der Waals surface area contributed by atoms with Gasteiger partial charge in [-0.05, 0) is 31.0 Å². The zero-order valence-electron chi connectivity index (χ0n) is 16.1. The van der Waals surface area contributed by atoms with E-state index in [1.54, 1.807) is 23.0 Å². The van der Waals surface area contributed by atoms with Crippen molar-refractivity contribution in [2.75, 3.05) is 11.1 Å². The number of primary amides is 1. The van der Waals surface area contributed by atoms with Gasteiger partial charge in [0.1, 0.15) is 0 Å². The number of nitrogens with two attached hydrogens (primary N) is 1. The summed E-state index contributed by atoms with van der Waals surface area (Å²) in [5.41, 5.74) is 7.98. The predicted octanol–water partition coefficient (Wildman–Crippen LogP) is 4.24. The van der Waals surface area contributed by atoms with Crippen molar-refractivity contribution in [2.24, 2.45) is 5.73 Å². The molecule has 2 amide bonds. The van der Waals surface area contributed by atoms with Crippen molar-refractivity contribution in [3.05, 3.63) is 52.4 Å². The van der Waals surface area contributed by atoms with Crippen molar-refractivity contribution in [2.45, 2.75) is 30.9 Å². The Hall–Kier alpha value is -2.36. The second-order valence-corrected chi connectivity index (χ2v) is 9.27. The van der Waals surface area contributed by atoms with Gasteiger partial charge in [-0.2, -0.15) is 5.10 Å². The first-order valence-corrected chi connectivity index (χ1v) is 11.0. The fourth-order valence-corrected chi connectivity index (χ4v) is 4.83. The molecule has 0 saturated carbocycles. The lowest BCUT2D eigenvalue weighted by atomic mass is 10.1. The van der Waals surface area contributed by atoms with Gasteiger partial charge >= 0.3 is 0 Å². The van der Waals surface area contributed by atoms with Gasteiger partial charge in [-0.1, -0.05) is 42.9 Å². The minimum absolute atomic E-state index is 0.0527. The molecule has 0 aliphatic rings. The highest BCUT2D eigenvalue weighted by molar-refractivity contribution is 8.01. The number of benzene rings is 1. The third-order valence-corrected chi connectivity index (χ3v) is 6.66. The van der Waals surface area contributed by atoms with Gasteiger partial charge in [-0.25, -0.2) is 9.67 Å². The molecule has 0 aliphatic heterocycles. The van der Waals surface area contributed by atoms with Gasteiger partial charge in [0.15, 0.2) is 5.13 Å². The van der Waals surface area contributed by atoms with Gasteiger partial charge in [0.25, 0.3) is 5.91 Å². The molecule has 0 unspecified atom stereocenters. The van der Waals surface area contributed by atoms with E-state index < -0.39 is 5.91 Å². The van der Waals surface area contributed by atoms with Gasteiger partial charge in [-0.15, -0.1) is 11.8 Å². The van der Waals surface area contributed by atoms with Crippen LogP contribution in [0.1, 0.15) is 41.5 Å². The maximum Gasteiger partial charge on any atom is 0.260 e. The Morgan fingerprint density at radius 3 is 2.79 bits per heavy atom. The number of anilines is 1. The number of thiazole rings is 1. The maximum absolute atomic E-state index is 12.9. The average Bonchev–Trinajstić information content (AvgIpc) is 3.23. The van der Waals surface area contributed by atoms with Crippen molar-refractivity contribution < 1.29 is 9.59 Å². The van der Waals surface area contributed by atoms with Crippen LogP contribution in [0.3, 0.4) is 0 Å². The molecule has 0 atom stereocenters. The third-order valence-electron chi connectivity index (χ3n) is 3.97. The van der Waals surface area contributed by atoms with Gasteiger partial charge in [-0.3, -0.25) is 14.9 Å². The minimum atomic E-state index is -0.400. The lowest BCUT2D eigenvalue weighted by molar-refractivity contribution is -0.115. The third kappa shape index (κ3) is 4.98. The van der Waals surface area contributed by atoms with Crippen LogP contribution in [0.4, 0.5) is 5.13 Å². The number of amides is 2. The van der Waals surface area contributed by atoms with Crippen molar-refractivity contribution >= 4 is 51.6 Å². The SMILES string of the molecule is Cc1nc(NC(=O)c2cnn(-c3cccc(Cl)c3)c2C(C)C)sc1SCC(N)=O. The number of nitrogens with one attached hydrogen (secondary N) is 1. The molecule has 1 aromatic carbocycles. The van der Waals surface area contributed by atoms with Crippen LogP contribution in [0.2, 0.25) is 5.02 Å². The number of nitrogens with zero attached hydrogens (tertiary/aromatic N) is 3. The summed E-state index contributed by atoms with van der Waals surface area (Å²) in [6.45, 7) is 5.83. The minimum Gasteiger partial charge on any atom is -0.369 e. The standard InChI is InChI=1S/C19H20ClN5O2S2/c1-10(2)16-14(8-22-25(16)13-6-4-5-12(20)7-13)17(27)24-19-23-11(3)18(29-19)28-9-15(21)26/h4-8,10H,9H2,1-3H3,(H2,21,26)(H,23,24,27). The van der Waals surface area contributed by atoms with Crippen LogP contribution in [0.25, 0.3) is 5.69 Å². The summed E-state index contributed by atoms with van der Waals surface area (Å²) in [5, 5.41) is 8.30. The van der Waals surface area contributed by atoms with Gasteiger partial charge in [0, 0.05) is 5.02 Å². The first-order valence-electron chi connectivity index (χ1n) is 8.80. The maximum atomic E-state index is 12.9. The topological polar surface area (TPSA) is 103 Å². The zero-order chi connectivity index (χ0) is 21.1. The van der Waals surface area contributed by atoms with E-state index >= 15 is 0 Å². The second-order valence-electron chi connectivity index (χ2n) is 6.59. The molecule has 2 aromatic heterocycles. The average molecular weight is 450 g/mol. The van der Waals surface area contributed by atoms with Crippen LogP contribution in [-0.2, 0) is 4.79 Å². The lowest BCUT2D eigenvalue weighted by Crippen LogP contribution is -2.15. The molecule has 0 bridgehead atoms. The van der Waals surface area contributed by atoms with Crippen LogP contribution < -0.4 is 11.1 Å². The zero-order valence-corrected chi connectivity index (χ0v) is 18.5. The molecular formula is C19H20ClN5O2S2. The largest absolute Gasteiger partial charge is 0.369 e. The van der Waals surface area contributed by atoms with Crippen molar-refractivity contribution in [3.8, 4) is 5.69 Å². The molecule has 0 fully saturated rings. The Morgan fingerprint density at radius 1 is 1.38 bits per heavy atom. The summed E-state index contributed by atoms with van der Waals surface area (Å²) >= 11 is 8.73. The molecular weight excluding hydrogens is 430 g/mol. The molecule has 2 heterocycles. The molecule has 0 spiro atoms. The number of hydrogen-bond acceptors (Lipinski definition) is 6. The molecule has 0 radical (unpaired) electrons. The molecule has 7 nitrogen and oxygen atoms in total. The summed E-state index contributed by atoms with van der Waals surface area (Å²) in [4.78, 5) is 28.3. The van der Waals surface area contributed by atoms with E-state index in [1.807, 2.05) is 32.9 Å². The van der Waals surface area contributed by atoms with Gasteiger partial charge < -0.3 is 5.73 Å². The molecule has 3 N–H and O–H groups in total. The summed E-state index contributed by atoms with van der Waals surface area (Å²) in [6.07, 6.45) is 1.55. The molecule has 0 saturated heterocycles. The number of thioether (sulfide) groups is 1. The first-order chi connectivity index (χ1) is 13.8. The number of carbonyl (C=O) groups excluding carboxylic acids is 2. The van der Waals surface area contributed by atoms with Crippen LogP contribution in [0.5, 0.6) is 0 Å². The Kier molecular flexibility index (Phi) is 6.61. The molecule has 0 aliphatic carbocycles. The summed E-state index contributed by atoms with van der Waals surface area (Å²) in [7, 11) is 0. The van der Waals surface area contributed by atoms with E-state index in [9.17, 15) is 9.59 Å². The Bertz CT molecular complexity index is 1060. The smallest absolute Gasteiger partial charge is 0.260 e. The van der Waals surface area contributed by atoms with Crippen molar-refractivity contribution in [1.82, 2.24) is 14.8 Å². The highest BCUT2D eigenvalue weighted by Gasteiger charge is 2.22. The number of aryl methyl sites for hydroxylation is 1. The fourth-order valence-electron chi connectivity index (χ4n) is 2.77. The van der Waals surface area contributed by atoms with Gasteiger partial charge in [0.05, 0.1) is 38.8 Å². The number of hydrogen-bond donors (Lipinski definition) is 2. The number of aromatic nitrogens is 3. The van der Waals surface area contributed by atoms with Crippen LogP contribution in [0, 0.1) is 6.92 Å². The fraction of sp³-hybridized carbons (Fsp3) is 0.263. The molecule has 3 rings (SSSR count). The van der Waals surface area contributed by atoms with E-state index in [2.05, 4.69) is 15.4 Å². The number of carbonyl (C=O) groups is 2. The van der Waals surface area contributed by atoms with Crippen molar-refractivity contribution in [1.29, 1.82) is 0 Å². The van der Waals surface area contributed by atoms with E-state index in [-0.39, 0.29) is 17.6 Å². The molecule has 29 heavy (non-hydrogen) atoms. The summed E-state index contributed by atoms with van der Waals surface area (Å²) < 4.78 is 2.57. The van der Waals surface area contributed by atoms with Gasteiger partial charge in [0.2, 0.25) is 5.91 Å². The summed E-state index contributed by atoms with van der Waals surface area (Å²) in [6, 6.07) is 7.32. The number of halogens is 1. The monoisotopic (exact) mass is 449 g/mol. The van der Waals surface area contributed by atoms with E-state index in [1.165, 1.54) is 23.1 Å².